The topological polar surface area (TPSA) is 63.4 Å². The van der Waals surface area contributed by atoms with E-state index in [1.54, 1.807) is 11.3 Å². The molecule has 2 aromatic rings. The summed E-state index contributed by atoms with van der Waals surface area (Å²) in [5.41, 5.74) is 7.09. The minimum Gasteiger partial charge on any atom is -0.398 e. The van der Waals surface area contributed by atoms with Gasteiger partial charge in [-0.05, 0) is 41.6 Å². The molecule has 0 saturated carbocycles. The first-order valence-corrected chi connectivity index (χ1v) is 8.78. The van der Waals surface area contributed by atoms with Crippen LogP contribution in [0.5, 0.6) is 0 Å². The van der Waals surface area contributed by atoms with Crippen LogP contribution in [-0.2, 0) is 23.0 Å². The molecule has 0 radical (unpaired) electrons. The van der Waals surface area contributed by atoms with Crippen molar-refractivity contribution in [3.8, 4) is 0 Å². The van der Waals surface area contributed by atoms with Crippen LogP contribution in [0.4, 0.5) is 5.69 Å². The van der Waals surface area contributed by atoms with Crippen molar-refractivity contribution in [3.63, 3.8) is 0 Å². The van der Waals surface area contributed by atoms with Gasteiger partial charge in [-0.15, -0.1) is 11.3 Å². The quantitative estimate of drug-likeness (QED) is 0.862. The minimum absolute atomic E-state index is 0.190. The smallest absolute Gasteiger partial charge is 0.243 e. The Morgan fingerprint density at radius 3 is 2.85 bits per heavy atom. The van der Waals surface area contributed by atoms with Gasteiger partial charge in [-0.1, -0.05) is 11.6 Å². The number of hydrogen-bond acceptors (Lipinski definition) is 4. The highest BCUT2D eigenvalue weighted by molar-refractivity contribution is 7.89. The molecule has 2 heterocycles. The van der Waals surface area contributed by atoms with Crippen LogP contribution in [0, 0.1) is 0 Å². The lowest BCUT2D eigenvalue weighted by atomic mass is 10.1. The number of nitrogens with zero attached hydrogens (tertiary/aromatic N) is 1. The van der Waals surface area contributed by atoms with E-state index in [0.29, 0.717) is 18.8 Å². The Morgan fingerprint density at radius 2 is 2.10 bits per heavy atom. The van der Waals surface area contributed by atoms with Gasteiger partial charge in [-0.25, -0.2) is 8.42 Å². The summed E-state index contributed by atoms with van der Waals surface area (Å²) in [5, 5.41) is 2.26. The first-order chi connectivity index (χ1) is 9.48. The van der Waals surface area contributed by atoms with E-state index in [9.17, 15) is 8.42 Å². The average Bonchev–Trinajstić information content (AvgIpc) is 2.89. The van der Waals surface area contributed by atoms with Crippen LogP contribution in [0.1, 0.15) is 10.4 Å². The Bertz CT molecular complexity index is 755. The van der Waals surface area contributed by atoms with Crippen LogP contribution in [0.3, 0.4) is 0 Å². The van der Waals surface area contributed by atoms with E-state index in [1.807, 2.05) is 11.4 Å². The van der Waals surface area contributed by atoms with E-state index in [-0.39, 0.29) is 9.92 Å². The molecule has 1 aromatic heterocycles. The van der Waals surface area contributed by atoms with Gasteiger partial charge in [-0.3, -0.25) is 0 Å². The predicted octanol–water partition coefficient (Wildman–Crippen LogP) is 2.73. The van der Waals surface area contributed by atoms with Gasteiger partial charge < -0.3 is 5.73 Å². The summed E-state index contributed by atoms with van der Waals surface area (Å²) in [6.45, 7) is 0.918. The fourth-order valence-electron chi connectivity index (χ4n) is 2.25. The van der Waals surface area contributed by atoms with Crippen molar-refractivity contribution in [1.82, 2.24) is 4.31 Å². The number of hydrogen-bond donors (Lipinski definition) is 1. The van der Waals surface area contributed by atoms with Crippen LogP contribution in [0.15, 0.2) is 34.5 Å². The molecule has 1 aliphatic rings. The first-order valence-electron chi connectivity index (χ1n) is 6.09. The molecule has 1 aromatic carbocycles. The number of fused-ring (bicyclic) bond motifs is 1. The Balaban J connectivity index is 1.95. The van der Waals surface area contributed by atoms with Crippen LogP contribution in [0.25, 0.3) is 0 Å². The molecule has 0 bridgehead atoms. The molecule has 0 atom stereocenters. The number of nitrogen functional groups attached to an aromatic ring is 1. The van der Waals surface area contributed by atoms with Crippen molar-refractivity contribution < 1.29 is 8.42 Å². The SMILES string of the molecule is Nc1ccc(S(=O)(=O)N2CCc3sccc3C2)cc1Cl. The molecule has 3 rings (SSSR count). The summed E-state index contributed by atoms with van der Waals surface area (Å²) in [5.74, 6) is 0. The zero-order chi connectivity index (χ0) is 14.3. The maximum atomic E-state index is 12.6. The number of rotatable bonds is 2. The number of benzene rings is 1. The number of sulfonamides is 1. The van der Waals surface area contributed by atoms with Crippen molar-refractivity contribution in [2.75, 3.05) is 12.3 Å². The number of nitrogens with two attached hydrogens (primary N) is 1. The molecular weight excluding hydrogens is 316 g/mol. The fourth-order valence-corrected chi connectivity index (χ4v) is 4.83. The number of anilines is 1. The molecule has 4 nitrogen and oxygen atoms in total. The van der Waals surface area contributed by atoms with Gasteiger partial charge in [0, 0.05) is 18.0 Å². The molecule has 7 heteroatoms. The van der Waals surface area contributed by atoms with E-state index in [0.717, 1.165) is 12.0 Å². The molecule has 0 fully saturated rings. The average molecular weight is 329 g/mol. The monoisotopic (exact) mass is 328 g/mol. The summed E-state index contributed by atoms with van der Waals surface area (Å²) in [6, 6.07) is 6.42. The van der Waals surface area contributed by atoms with Gasteiger partial charge in [0.15, 0.2) is 0 Å². The molecular formula is C13H13ClN2O2S2. The van der Waals surface area contributed by atoms with Gasteiger partial charge in [0.05, 0.1) is 15.6 Å². The van der Waals surface area contributed by atoms with Crippen LogP contribution in [-0.4, -0.2) is 19.3 Å². The molecule has 0 saturated heterocycles. The molecule has 2 N–H and O–H groups in total. The summed E-state index contributed by atoms with van der Waals surface area (Å²) in [7, 11) is -3.52. The Morgan fingerprint density at radius 1 is 1.30 bits per heavy atom. The van der Waals surface area contributed by atoms with Gasteiger partial charge in [0.1, 0.15) is 0 Å². The zero-order valence-corrected chi connectivity index (χ0v) is 12.9. The lowest BCUT2D eigenvalue weighted by Crippen LogP contribution is -2.35. The maximum Gasteiger partial charge on any atom is 0.243 e. The summed E-state index contributed by atoms with van der Waals surface area (Å²) in [4.78, 5) is 1.46. The molecule has 1 aliphatic heterocycles. The second-order valence-corrected chi connectivity index (χ2v) is 7.99. The minimum atomic E-state index is -3.52. The van der Waals surface area contributed by atoms with Crippen molar-refractivity contribution in [3.05, 3.63) is 45.1 Å². The molecule has 106 valence electrons. The second-order valence-electron chi connectivity index (χ2n) is 4.64. The third-order valence-corrected chi connectivity index (χ3v) is 6.57. The van der Waals surface area contributed by atoms with E-state index in [2.05, 4.69) is 0 Å². The van der Waals surface area contributed by atoms with Crippen LogP contribution >= 0.6 is 22.9 Å². The largest absolute Gasteiger partial charge is 0.398 e. The highest BCUT2D eigenvalue weighted by Gasteiger charge is 2.29. The molecule has 0 amide bonds. The summed E-state index contributed by atoms with van der Waals surface area (Å²) in [6.07, 6.45) is 0.759. The fraction of sp³-hybridized carbons (Fsp3) is 0.231. The Hall–Kier alpha value is -1.08. The standard InChI is InChI=1S/C13H13ClN2O2S2/c14-11-7-10(1-2-12(11)15)20(17,18)16-5-3-13-9(8-16)4-6-19-13/h1-2,4,6-7H,3,5,8,15H2. The normalized spacial score (nSPS) is 16.1. The van der Waals surface area contributed by atoms with E-state index < -0.39 is 10.0 Å². The summed E-state index contributed by atoms with van der Waals surface area (Å²) < 4.78 is 26.7. The summed E-state index contributed by atoms with van der Waals surface area (Å²) >= 11 is 7.60. The van der Waals surface area contributed by atoms with E-state index in [4.69, 9.17) is 17.3 Å². The van der Waals surface area contributed by atoms with Gasteiger partial charge in [-0.2, -0.15) is 4.31 Å². The highest BCUT2D eigenvalue weighted by atomic mass is 35.5. The Kier molecular flexibility index (Phi) is 3.50. The first kappa shape index (κ1) is 13.9. The highest BCUT2D eigenvalue weighted by Crippen LogP contribution is 2.30. The second kappa shape index (κ2) is 5.04. The maximum absolute atomic E-state index is 12.6. The van der Waals surface area contributed by atoms with E-state index in [1.165, 1.54) is 27.4 Å². The van der Waals surface area contributed by atoms with Gasteiger partial charge in [0.25, 0.3) is 0 Å². The van der Waals surface area contributed by atoms with Crippen LogP contribution < -0.4 is 5.73 Å². The van der Waals surface area contributed by atoms with Crippen molar-refractivity contribution in [1.29, 1.82) is 0 Å². The molecule has 20 heavy (non-hydrogen) atoms. The zero-order valence-electron chi connectivity index (χ0n) is 10.5. The molecule has 0 unspecified atom stereocenters. The third-order valence-electron chi connectivity index (χ3n) is 3.38. The van der Waals surface area contributed by atoms with Crippen molar-refractivity contribution in [2.45, 2.75) is 17.9 Å². The molecule has 0 spiro atoms. The van der Waals surface area contributed by atoms with E-state index >= 15 is 0 Å². The van der Waals surface area contributed by atoms with Gasteiger partial charge in [0.2, 0.25) is 10.0 Å². The predicted molar refractivity (Wildman–Crippen MR) is 81.5 cm³/mol. The van der Waals surface area contributed by atoms with Gasteiger partial charge >= 0.3 is 0 Å². The molecule has 0 aliphatic carbocycles. The van der Waals surface area contributed by atoms with Crippen molar-refractivity contribution in [2.24, 2.45) is 0 Å². The lowest BCUT2D eigenvalue weighted by Gasteiger charge is -2.26. The van der Waals surface area contributed by atoms with Crippen molar-refractivity contribution >= 4 is 38.6 Å². The number of thiophene rings is 1. The number of halogens is 1. The lowest BCUT2D eigenvalue weighted by molar-refractivity contribution is 0.394. The van der Waals surface area contributed by atoms with Crippen LogP contribution in [0.2, 0.25) is 5.02 Å². The third kappa shape index (κ3) is 2.33. The Labute approximate surface area is 126 Å².